The molecule has 1 aliphatic heterocycles. The van der Waals surface area contributed by atoms with Gasteiger partial charge in [0.25, 0.3) is 11.8 Å². The van der Waals surface area contributed by atoms with Crippen LogP contribution in [0.25, 0.3) is 5.65 Å². The van der Waals surface area contributed by atoms with Crippen molar-refractivity contribution < 1.29 is 9.59 Å². The molecule has 3 aromatic rings. The van der Waals surface area contributed by atoms with E-state index in [0.717, 1.165) is 0 Å². The summed E-state index contributed by atoms with van der Waals surface area (Å²) < 4.78 is 1.67. The van der Waals surface area contributed by atoms with Gasteiger partial charge in [0.05, 0.1) is 22.7 Å². The average molecular weight is 313 g/mol. The van der Waals surface area contributed by atoms with Crippen molar-refractivity contribution in [2.24, 2.45) is 0 Å². The van der Waals surface area contributed by atoms with Crippen LogP contribution < -0.4 is 0 Å². The topological polar surface area (TPSA) is 67.6 Å². The molecule has 22 heavy (non-hydrogen) atoms. The second-order valence-corrected chi connectivity index (χ2v) is 5.37. The molecule has 2 aromatic heterocycles. The van der Waals surface area contributed by atoms with Crippen molar-refractivity contribution in [3.8, 4) is 0 Å². The second kappa shape index (κ2) is 4.64. The van der Waals surface area contributed by atoms with Gasteiger partial charge in [-0.15, -0.1) is 10.2 Å². The molecule has 0 saturated carbocycles. The van der Waals surface area contributed by atoms with Crippen LogP contribution in [0.3, 0.4) is 0 Å². The average Bonchev–Trinajstić information content (AvgIpc) is 3.03. The van der Waals surface area contributed by atoms with Crippen molar-refractivity contribution in [3.63, 3.8) is 0 Å². The van der Waals surface area contributed by atoms with E-state index in [9.17, 15) is 9.59 Å². The van der Waals surface area contributed by atoms with Crippen molar-refractivity contribution in [3.05, 3.63) is 64.6 Å². The maximum atomic E-state index is 12.4. The van der Waals surface area contributed by atoms with Gasteiger partial charge in [-0.3, -0.25) is 18.9 Å². The number of hydrogen-bond acceptors (Lipinski definition) is 4. The van der Waals surface area contributed by atoms with Gasteiger partial charge in [-0.25, -0.2) is 0 Å². The molecule has 0 spiro atoms. The Morgan fingerprint density at radius 3 is 2.32 bits per heavy atom. The fourth-order valence-corrected chi connectivity index (χ4v) is 2.70. The maximum Gasteiger partial charge on any atom is 0.261 e. The van der Waals surface area contributed by atoms with Crippen LogP contribution in [0.15, 0.2) is 42.6 Å². The smallest absolute Gasteiger partial charge is 0.261 e. The van der Waals surface area contributed by atoms with E-state index in [-0.39, 0.29) is 18.4 Å². The summed E-state index contributed by atoms with van der Waals surface area (Å²) >= 11 is 5.97. The van der Waals surface area contributed by atoms with Crippen LogP contribution in [0, 0.1) is 0 Å². The highest BCUT2D eigenvalue weighted by Crippen LogP contribution is 2.24. The number of imide groups is 1. The zero-order chi connectivity index (χ0) is 15.3. The fourth-order valence-electron chi connectivity index (χ4n) is 2.54. The Balaban J connectivity index is 1.74. The summed E-state index contributed by atoms with van der Waals surface area (Å²) in [4.78, 5) is 25.9. The molecule has 6 nitrogen and oxygen atoms in total. The Kier molecular flexibility index (Phi) is 2.74. The molecule has 0 atom stereocenters. The summed E-state index contributed by atoms with van der Waals surface area (Å²) in [6.07, 6.45) is 1.66. The molecule has 1 aliphatic rings. The van der Waals surface area contributed by atoms with Crippen LogP contribution in [0.5, 0.6) is 0 Å². The zero-order valence-electron chi connectivity index (χ0n) is 11.2. The van der Waals surface area contributed by atoms with Crippen molar-refractivity contribution >= 4 is 29.1 Å². The van der Waals surface area contributed by atoms with Crippen LogP contribution in [0.1, 0.15) is 26.5 Å². The van der Waals surface area contributed by atoms with E-state index in [1.54, 1.807) is 47.0 Å². The van der Waals surface area contributed by atoms with E-state index in [2.05, 4.69) is 10.2 Å². The monoisotopic (exact) mass is 312 g/mol. The van der Waals surface area contributed by atoms with Crippen LogP contribution >= 0.6 is 11.6 Å². The van der Waals surface area contributed by atoms with Crippen molar-refractivity contribution in [1.29, 1.82) is 0 Å². The highest BCUT2D eigenvalue weighted by molar-refractivity contribution is 6.30. The third-order valence-electron chi connectivity index (χ3n) is 3.61. The number of fused-ring (bicyclic) bond motifs is 2. The third kappa shape index (κ3) is 1.81. The summed E-state index contributed by atoms with van der Waals surface area (Å²) in [5, 5.41) is 8.57. The number of pyridine rings is 1. The summed E-state index contributed by atoms with van der Waals surface area (Å²) in [6.45, 7) is 0.0495. The minimum Gasteiger partial charge on any atom is -0.283 e. The normalized spacial score (nSPS) is 14.0. The fraction of sp³-hybridized carbons (Fsp3) is 0.0667. The van der Waals surface area contributed by atoms with Gasteiger partial charge >= 0.3 is 0 Å². The molecule has 0 fully saturated rings. The second-order valence-electron chi connectivity index (χ2n) is 4.93. The minimum absolute atomic E-state index is 0.0495. The largest absolute Gasteiger partial charge is 0.283 e. The number of nitrogens with zero attached hydrogens (tertiary/aromatic N) is 4. The van der Waals surface area contributed by atoms with Gasteiger partial charge in [0.15, 0.2) is 11.5 Å². The number of rotatable bonds is 2. The number of carbonyl (C=O) groups excluding carboxylic acids is 2. The van der Waals surface area contributed by atoms with Crippen molar-refractivity contribution in [2.75, 3.05) is 0 Å². The van der Waals surface area contributed by atoms with Crippen LogP contribution in [0.4, 0.5) is 0 Å². The standard InChI is InChI=1S/C15H9ClN4O2/c16-9-5-6-12-17-18-13(19(12)7-9)8-20-14(21)10-3-1-2-4-11(10)15(20)22/h1-7H,8H2. The molecule has 0 N–H and O–H groups in total. The number of benzene rings is 1. The van der Waals surface area contributed by atoms with E-state index >= 15 is 0 Å². The van der Waals surface area contributed by atoms with Gasteiger partial charge in [0.2, 0.25) is 0 Å². The molecule has 0 saturated heterocycles. The first-order valence-electron chi connectivity index (χ1n) is 6.59. The Morgan fingerprint density at radius 2 is 1.64 bits per heavy atom. The molecule has 3 heterocycles. The first-order chi connectivity index (χ1) is 10.6. The first kappa shape index (κ1) is 13.0. The summed E-state index contributed by atoms with van der Waals surface area (Å²) in [5.41, 5.74) is 1.44. The van der Waals surface area contributed by atoms with Crippen molar-refractivity contribution in [2.45, 2.75) is 6.54 Å². The maximum absolute atomic E-state index is 12.4. The predicted octanol–water partition coefficient (Wildman–Crippen LogP) is 2.18. The molecular weight excluding hydrogens is 304 g/mol. The Labute approximate surface area is 129 Å². The lowest BCUT2D eigenvalue weighted by Crippen LogP contribution is -2.30. The van der Waals surface area contributed by atoms with Crippen LogP contribution in [-0.2, 0) is 6.54 Å². The number of hydrogen-bond donors (Lipinski definition) is 0. The molecule has 108 valence electrons. The molecule has 2 amide bonds. The molecular formula is C15H9ClN4O2. The summed E-state index contributed by atoms with van der Waals surface area (Å²) in [7, 11) is 0. The van der Waals surface area contributed by atoms with Crippen molar-refractivity contribution in [1.82, 2.24) is 19.5 Å². The van der Waals surface area contributed by atoms with E-state index in [4.69, 9.17) is 11.6 Å². The van der Waals surface area contributed by atoms with E-state index < -0.39 is 0 Å². The first-order valence-corrected chi connectivity index (χ1v) is 6.97. The highest BCUT2D eigenvalue weighted by atomic mass is 35.5. The van der Waals surface area contributed by atoms with Crippen LogP contribution in [-0.4, -0.2) is 31.3 Å². The Hall–Kier alpha value is -2.73. The zero-order valence-corrected chi connectivity index (χ0v) is 12.0. The highest BCUT2D eigenvalue weighted by Gasteiger charge is 2.35. The number of amides is 2. The molecule has 1 aromatic carbocycles. The SMILES string of the molecule is O=C1c2ccccc2C(=O)N1Cc1nnc2ccc(Cl)cn12. The minimum atomic E-state index is -0.320. The molecule has 0 aliphatic carbocycles. The van der Waals surface area contributed by atoms with Gasteiger partial charge in [-0.2, -0.15) is 0 Å². The lowest BCUT2D eigenvalue weighted by Gasteiger charge is -2.12. The molecule has 0 unspecified atom stereocenters. The van der Waals surface area contributed by atoms with Gasteiger partial charge < -0.3 is 0 Å². The van der Waals surface area contributed by atoms with Gasteiger partial charge in [0.1, 0.15) is 0 Å². The lowest BCUT2D eigenvalue weighted by molar-refractivity contribution is 0.0638. The summed E-state index contributed by atoms with van der Waals surface area (Å²) in [5.74, 6) is -0.161. The number of halogens is 1. The Bertz CT molecular complexity index is 899. The Morgan fingerprint density at radius 1 is 0.955 bits per heavy atom. The third-order valence-corrected chi connectivity index (χ3v) is 3.84. The van der Waals surface area contributed by atoms with Crippen LogP contribution in [0.2, 0.25) is 5.02 Å². The number of aromatic nitrogens is 3. The van der Waals surface area contributed by atoms with E-state index in [1.807, 2.05) is 0 Å². The lowest BCUT2D eigenvalue weighted by atomic mass is 10.1. The quantitative estimate of drug-likeness (QED) is 0.680. The summed E-state index contributed by atoms with van der Waals surface area (Å²) in [6, 6.07) is 10.2. The predicted molar refractivity (Wildman–Crippen MR) is 78.6 cm³/mol. The molecule has 0 bridgehead atoms. The molecule has 4 rings (SSSR count). The number of carbonyl (C=O) groups is 2. The van der Waals surface area contributed by atoms with Gasteiger partial charge in [0, 0.05) is 6.20 Å². The molecule has 7 heteroatoms. The van der Waals surface area contributed by atoms with Gasteiger partial charge in [-0.05, 0) is 24.3 Å². The van der Waals surface area contributed by atoms with Gasteiger partial charge in [-0.1, -0.05) is 23.7 Å². The van der Waals surface area contributed by atoms with E-state index in [0.29, 0.717) is 27.6 Å². The molecule has 0 radical (unpaired) electrons. The van der Waals surface area contributed by atoms with E-state index in [1.165, 1.54) is 4.90 Å².